The Morgan fingerprint density at radius 1 is 1.15 bits per heavy atom. The molecule has 104 valence electrons. The molecule has 0 N–H and O–H groups in total. The lowest BCUT2D eigenvalue weighted by atomic mass is 9.94. The minimum Gasteiger partial charge on any atom is -0.294 e. The van der Waals surface area contributed by atoms with Crippen LogP contribution in [-0.2, 0) is 6.42 Å². The van der Waals surface area contributed by atoms with Crippen molar-refractivity contribution in [3.8, 4) is 0 Å². The van der Waals surface area contributed by atoms with E-state index in [1.54, 1.807) is 6.07 Å². The molecule has 0 atom stereocenters. The second-order valence-electron chi connectivity index (χ2n) is 5.08. The van der Waals surface area contributed by atoms with Crippen LogP contribution in [0.4, 0.5) is 4.39 Å². The van der Waals surface area contributed by atoms with Crippen LogP contribution in [0.3, 0.4) is 0 Å². The molecule has 3 heteroatoms. The number of halogens is 2. The van der Waals surface area contributed by atoms with Crippen LogP contribution in [-0.4, -0.2) is 5.78 Å². The van der Waals surface area contributed by atoms with E-state index in [1.165, 1.54) is 12.1 Å². The van der Waals surface area contributed by atoms with Crippen LogP contribution < -0.4 is 0 Å². The molecule has 1 nitrogen and oxygen atoms in total. The van der Waals surface area contributed by atoms with Crippen LogP contribution in [0.25, 0.3) is 0 Å². The molecule has 0 unspecified atom stereocenters. The summed E-state index contributed by atoms with van der Waals surface area (Å²) in [6, 6.07) is 8.57. The Balaban J connectivity index is 2.36. The Hall–Kier alpha value is -1.67. The molecule has 0 aliphatic heterocycles. The minimum atomic E-state index is -0.637. The van der Waals surface area contributed by atoms with Crippen molar-refractivity contribution in [3.63, 3.8) is 0 Å². The zero-order valence-corrected chi connectivity index (χ0v) is 12.5. The average molecular weight is 291 g/mol. The summed E-state index contributed by atoms with van der Waals surface area (Å²) in [6.07, 6.45) is 0.190. The molecule has 0 aliphatic carbocycles. The summed E-state index contributed by atoms with van der Waals surface area (Å²) in [7, 11) is 0. The van der Waals surface area contributed by atoms with E-state index in [1.807, 2.05) is 32.9 Å². The van der Waals surface area contributed by atoms with Gasteiger partial charge in [0.2, 0.25) is 0 Å². The largest absolute Gasteiger partial charge is 0.294 e. The van der Waals surface area contributed by atoms with Gasteiger partial charge >= 0.3 is 0 Å². The van der Waals surface area contributed by atoms with Gasteiger partial charge in [0, 0.05) is 6.42 Å². The third kappa shape index (κ3) is 2.91. The van der Waals surface area contributed by atoms with Crippen molar-refractivity contribution < 1.29 is 9.18 Å². The van der Waals surface area contributed by atoms with Crippen molar-refractivity contribution in [2.45, 2.75) is 27.2 Å². The zero-order chi connectivity index (χ0) is 14.9. The lowest BCUT2D eigenvalue weighted by Crippen LogP contribution is -2.09. The van der Waals surface area contributed by atoms with Crippen molar-refractivity contribution in [1.29, 1.82) is 0 Å². The molecule has 0 heterocycles. The number of hydrogen-bond acceptors (Lipinski definition) is 1. The maximum atomic E-state index is 13.9. The molecular weight excluding hydrogens is 275 g/mol. The predicted molar refractivity (Wildman–Crippen MR) is 80.1 cm³/mol. The van der Waals surface area contributed by atoms with Gasteiger partial charge in [0.25, 0.3) is 0 Å². The van der Waals surface area contributed by atoms with Gasteiger partial charge in [-0.15, -0.1) is 0 Å². The molecule has 2 rings (SSSR count). The fraction of sp³-hybridized carbons (Fsp3) is 0.235. The fourth-order valence-corrected chi connectivity index (χ4v) is 2.64. The Bertz CT molecular complexity index is 654. The summed E-state index contributed by atoms with van der Waals surface area (Å²) in [5, 5.41) is -0.0202. The van der Waals surface area contributed by atoms with E-state index >= 15 is 0 Å². The number of carbonyl (C=O) groups is 1. The monoisotopic (exact) mass is 290 g/mol. The van der Waals surface area contributed by atoms with Crippen LogP contribution in [0.15, 0.2) is 30.3 Å². The highest BCUT2D eigenvalue weighted by Crippen LogP contribution is 2.22. The zero-order valence-electron chi connectivity index (χ0n) is 11.8. The van der Waals surface area contributed by atoms with Crippen LogP contribution in [0.5, 0.6) is 0 Å². The van der Waals surface area contributed by atoms with Crippen molar-refractivity contribution in [1.82, 2.24) is 0 Å². The van der Waals surface area contributed by atoms with Crippen molar-refractivity contribution in [3.05, 3.63) is 69.0 Å². The molecule has 2 aromatic rings. The molecular formula is C17H16ClFO. The van der Waals surface area contributed by atoms with E-state index in [9.17, 15) is 9.18 Å². The minimum absolute atomic E-state index is 0.0202. The smallest absolute Gasteiger partial charge is 0.170 e. The number of rotatable bonds is 3. The predicted octanol–water partition coefficient (Wildman–Crippen LogP) is 4.83. The highest BCUT2D eigenvalue weighted by Gasteiger charge is 2.16. The van der Waals surface area contributed by atoms with E-state index in [2.05, 4.69) is 0 Å². The van der Waals surface area contributed by atoms with Gasteiger partial charge in [-0.1, -0.05) is 35.4 Å². The second kappa shape index (κ2) is 5.76. The van der Waals surface area contributed by atoms with Crippen LogP contribution in [0.1, 0.15) is 32.6 Å². The molecule has 0 amide bonds. The number of aryl methyl sites for hydroxylation is 3. The van der Waals surface area contributed by atoms with Crippen LogP contribution >= 0.6 is 11.6 Å². The third-order valence-corrected chi connectivity index (χ3v) is 3.72. The highest BCUT2D eigenvalue weighted by atomic mass is 35.5. The Morgan fingerprint density at radius 2 is 1.75 bits per heavy atom. The SMILES string of the molecule is Cc1cc(C)c(CC(=O)c2cccc(Cl)c2F)c(C)c1. The van der Waals surface area contributed by atoms with Gasteiger partial charge in [0.1, 0.15) is 0 Å². The maximum absolute atomic E-state index is 13.9. The molecule has 0 fully saturated rings. The van der Waals surface area contributed by atoms with Crippen molar-refractivity contribution in [2.75, 3.05) is 0 Å². The molecule has 20 heavy (non-hydrogen) atoms. The summed E-state index contributed by atoms with van der Waals surface area (Å²) in [5.74, 6) is -0.887. The van der Waals surface area contributed by atoms with Crippen LogP contribution in [0.2, 0.25) is 5.02 Å². The van der Waals surface area contributed by atoms with Crippen LogP contribution in [0, 0.1) is 26.6 Å². The van der Waals surface area contributed by atoms with E-state index < -0.39 is 5.82 Å². The van der Waals surface area contributed by atoms with Gasteiger partial charge in [-0.25, -0.2) is 4.39 Å². The number of ketones is 1. The first-order chi connectivity index (χ1) is 9.40. The molecule has 0 saturated heterocycles. The third-order valence-electron chi connectivity index (χ3n) is 3.43. The quantitative estimate of drug-likeness (QED) is 0.740. The van der Waals surface area contributed by atoms with Gasteiger partial charge in [-0.05, 0) is 49.6 Å². The van der Waals surface area contributed by atoms with E-state index in [0.717, 1.165) is 22.3 Å². The van der Waals surface area contributed by atoms with Crippen molar-refractivity contribution >= 4 is 17.4 Å². The van der Waals surface area contributed by atoms with Crippen molar-refractivity contribution in [2.24, 2.45) is 0 Å². The van der Waals surface area contributed by atoms with Gasteiger partial charge in [-0.2, -0.15) is 0 Å². The molecule has 0 spiro atoms. The Morgan fingerprint density at radius 3 is 2.35 bits per heavy atom. The normalized spacial score (nSPS) is 10.7. The summed E-state index contributed by atoms with van der Waals surface area (Å²) >= 11 is 5.72. The summed E-state index contributed by atoms with van der Waals surface area (Å²) < 4.78 is 13.9. The molecule has 0 aromatic heterocycles. The Kier molecular flexibility index (Phi) is 4.24. The fourth-order valence-electron chi connectivity index (χ4n) is 2.46. The molecule has 0 aliphatic rings. The van der Waals surface area contributed by atoms with E-state index in [-0.39, 0.29) is 22.8 Å². The lowest BCUT2D eigenvalue weighted by Gasteiger charge is -2.11. The van der Waals surface area contributed by atoms with Gasteiger partial charge in [0.05, 0.1) is 10.6 Å². The summed E-state index contributed by atoms with van der Waals surface area (Å²) in [4.78, 5) is 12.3. The Labute approximate surface area is 123 Å². The maximum Gasteiger partial charge on any atom is 0.170 e. The summed E-state index contributed by atoms with van der Waals surface area (Å²) in [5.41, 5.74) is 4.28. The number of Topliss-reactive ketones (excluding diaryl/α,β-unsaturated/α-hetero) is 1. The van der Waals surface area contributed by atoms with E-state index in [0.29, 0.717) is 0 Å². The molecule has 0 radical (unpaired) electrons. The highest BCUT2D eigenvalue weighted by molar-refractivity contribution is 6.31. The first-order valence-electron chi connectivity index (χ1n) is 6.44. The lowest BCUT2D eigenvalue weighted by molar-refractivity contribution is 0.0988. The number of benzene rings is 2. The second-order valence-corrected chi connectivity index (χ2v) is 5.49. The van der Waals surface area contributed by atoms with Gasteiger partial charge < -0.3 is 0 Å². The first-order valence-corrected chi connectivity index (χ1v) is 6.82. The van der Waals surface area contributed by atoms with E-state index in [4.69, 9.17) is 11.6 Å². The number of hydrogen-bond donors (Lipinski definition) is 0. The number of carbonyl (C=O) groups excluding carboxylic acids is 1. The molecule has 2 aromatic carbocycles. The average Bonchev–Trinajstić information content (AvgIpc) is 2.36. The topological polar surface area (TPSA) is 17.1 Å². The first kappa shape index (κ1) is 14.7. The standard InChI is InChI=1S/C17H16ClFO/c1-10-7-11(2)14(12(3)8-10)9-16(20)13-5-4-6-15(18)17(13)19/h4-8H,9H2,1-3H3. The molecule has 0 bridgehead atoms. The summed E-state index contributed by atoms with van der Waals surface area (Å²) in [6.45, 7) is 5.95. The van der Waals surface area contributed by atoms with Gasteiger partial charge in [0.15, 0.2) is 11.6 Å². The van der Waals surface area contributed by atoms with Gasteiger partial charge in [-0.3, -0.25) is 4.79 Å². The molecule has 0 saturated carbocycles.